The van der Waals surface area contributed by atoms with E-state index in [1.165, 1.54) is 4.68 Å². The third-order valence-corrected chi connectivity index (χ3v) is 3.58. The summed E-state index contributed by atoms with van der Waals surface area (Å²) in [5.41, 5.74) is 7.63. The van der Waals surface area contributed by atoms with Gasteiger partial charge in [-0.25, -0.2) is 0 Å². The SMILES string of the molecule is Nc1cccc(Cl)c1-c1nnnn1-c1cc(Cl)cc(Cl)c1. The predicted molar refractivity (Wildman–Crippen MR) is 84.0 cm³/mol. The molecule has 21 heavy (non-hydrogen) atoms. The van der Waals surface area contributed by atoms with E-state index in [-0.39, 0.29) is 0 Å². The summed E-state index contributed by atoms with van der Waals surface area (Å²) in [6, 6.07) is 10.2. The van der Waals surface area contributed by atoms with Crippen LogP contribution < -0.4 is 5.73 Å². The molecule has 5 nitrogen and oxygen atoms in total. The number of nitrogens with zero attached hydrogens (tertiary/aromatic N) is 4. The van der Waals surface area contributed by atoms with Crippen molar-refractivity contribution in [3.63, 3.8) is 0 Å². The smallest absolute Gasteiger partial charge is 0.190 e. The van der Waals surface area contributed by atoms with Crippen molar-refractivity contribution in [1.82, 2.24) is 20.2 Å². The average Bonchev–Trinajstić information content (AvgIpc) is 2.86. The molecule has 3 rings (SSSR count). The Morgan fingerprint density at radius 1 is 1.00 bits per heavy atom. The molecule has 8 heteroatoms. The first kappa shape index (κ1) is 14.1. The molecule has 2 aromatic carbocycles. The van der Waals surface area contributed by atoms with Gasteiger partial charge in [-0.1, -0.05) is 40.9 Å². The molecule has 1 aromatic heterocycles. The molecule has 0 aliphatic heterocycles. The Kier molecular flexibility index (Phi) is 3.71. The van der Waals surface area contributed by atoms with Crippen molar-refractivity contribution in [1.29, 1.82) is 0 Å². The first-order chi connectivity index (χ1) is 10.1. The minimum absolute atomic E-state index is 0.413. The van der Waals surface area contributed by atoms with E-state index in [0.717, 1.165) is 0 Å². The lowest BCUT2D eigenvalue weighted by Crippen LogP contribution is -2.02. The van der Waals surface area contributed by atoms with Crippen LogP contribution in [0.15, 0.2) is 36.4 Å². The number of tetrazole rings is 1. The lowest BCUT2D eigenvalue weighted by atomic mass is 10.1. The summed E-state index contributed by atoms with van der Waals surface area (Å²) in [5, 5.41) is 13.0. The van der Waals surface area contributed by atoms with Gasteiger partial charge in [0.25, 0.3) is 0 Å². The molecule has 2 N–H and O–H groups in total. The van der Waals surface area contributed by atoms with Crippen LogP contribution in [0.25, 0.3) is 17.1 Å². The van der Waals surface area contributed by atoms with Crippen LogP contribution in [0.3, 0.4) is 0 Å². The van der Waals surface area contributed by atoms with Crippen molar-refractivity contribution in [2.75, 3.05) is 5.73 Å². The number of benzene rings is 2. The van der Waals surface area contributed by atoms with E-state index in [9.17, 15) is 0 Å². The normalized spacial score (nSPS) is 10.8. The van der Waals surface area contributed by atoms with Crippen LogP contribution in [0.1, 0.15) is 0 Å². The summed E-state index contributed by atoms with van der Waals surface area (Å²) in [5.74, 6) is 0.413. The minimum Gasteiger partial charge on any atom is -0.398 e. The van der Waals surface area contributed by atoms with E-state index in [2.05, 4.69) is 15.5 Å². The lowest BCUT2D eigenvalue weighted by Gasteiger charge is -2.09. The molecule has 3 aromatic rings. The van der Waals surface area contributed by atoms with Crippen LogP contribution >= 0.6 is 34.8 Å². The Balaban J connectivity index is 2.22. The van der Waals surface area contributed by atoms with Gasteiger partial charge in [0.2, 0.25) is 0 Å². The monoisotopic (exact) mass is 339 g/mol. The van der Waals surface area contributed by atoms with Crippen molar-refractivity contribution >= 4 is 40.5 Å². The Bertz CT molecular complexity index is 775. The number of aromatic nitrogens is 4. The zero-order chi connectivity index (χ0) is 15.0. The van der Waals surface area contributed by atoms with Crippen molar-refractivity contribution in [2.45, 2.75) is 0 Å². The van der Waals surface area contributed by atoms with Crippen molar-refractivity contribution in [3.05, 3.63) is 51.5 Å². The molecule has 0 bridgehead atoms. The average molecular weight is 341 g/mol. The highest BCUT2D eigenvalue weighted by Crippen LogP contribution is 2.33. The second kappa shape index (κ2) is 5.52. The topological polar surface area (TPSA) is 69.6 Å². The molecule has 0 atom stereocenters. The fourth-order valence-electron chi connectivity index (χ4n) is 1.96. The molecule has 0 saturated heterocycles. The fourth-order valence-corrected chi connectivity index (χ4v) is 2.74. The molecule has 0 unspecified atom stereocenters. The number of anilines is 1. The third-order valence-electron chi connectivity index (χ3n) is 2.83. The Morgan fingerprint density at radius 2 is 1.71 bits per heavy atom. The van der Waals surface area contributed by atoms with E-state index in [4.69, 9.17) is 40.5 Å². The van der Waals surface area contributed by atoms with Gasteiger partial charge >= 0.3 is 0 Å². The Labute approximate surface area is 135 Å². The maximum atomic E-state index is 6.20. The van der Waals surface area contributed by atoms with Crippen LogP contribution in [-0.2, 0) is 0 Å². The summed E-state index contributed by atoms with van der Waals surface area (Å²) < 4.78 is 1.48. The van der Waals surface area contributed by atoms with Gasteiger partial charge in [0.1, 0.15) is 0 Å². The van der Waals surface area contributed by atoms with Crippen LogP contribution in [-0.4, -0.2) is 20.2 Å². The van der Waals surface area contributed by atoms with E-state index >= 15 is 0 Å². The fraction of sp³-hybridized carbons (Fsp3) is 0. The summed E-state index contributed by atoms with van der Waals surface area (Å²) in [6.45, 7) is 0. The van der Waals surface area contributed by atoms with Gasteiger partial charge in [-0.2, -0.15) is 4.68 Å². The van der Waals surface area contributed by atoms with Crippen molar-refractivity contribution < 1.29 is 0 Å². The minimum atomic E-state index is 0.413. The number of rotatable bonds is 2. The standard InChI is InChI=1S/C13H8Cl3N5/c14-7-4-8(15)6-9(5-7)21-13(18-19-20-21)12-10(16)2-1-3-11(12)17/h1-6H,17H2. The van der Waals surface area contributed by atoms with Gasteiger partial charge in [-0.15, -0.1) is 5.10 Å². The first-order valence-electron chi connectivity index (χ1n) is 5.85. The number of hydrogen-bond acceptors (Lipinski definition) is 4. The summed E-state index contributed by atoms with van der Waals surface area (Å²) >= 11 is 18.2. The molecule has 0 saturated carbocycles. The van der Waals surface area contributed by atoms with Gasteiger partial charge in [0, 0.05) is 15.7 Å². The van der Waals surface area contributed by atoms with Crippen molar-refractivity contribution in [2.24, 2.45) is 0 Å². The highest BCUT2D eigenvalue weighted by Gasteiger charge is 2.17. The second-order valence-corrected chi connectivity index (χ2v) is 5.53. The van der Waals surface area contributed by atoms with Gasteiger partial charge in [-0.3, -0.25) is 0 Å². The molecule has 0 aliphatic rings. The number of nitrogens with two attached hydrogens (primary N) is 1. The molecule has 0 aliphatic carbocycles. The molecule has 0 spiro atoms. The van der Waals surface area contributed by atoms with E-state index in [1.807, 2.05) is 0 Å². The lowest BCUT2D eigenvalue weighted by molar-refractivity contribution is 0.791. The third kappa shape index (κ3) is 2.68. The van der Waals surface area contributed by atoms with E-state index in [1.54, 1.807) is 36.4 Å². The Morgan fingerprint density at radius 3 is 2.38 bits per heavy atom. The van der Waals surface area contributed by atoms with Gasteiger partial charge in [-0.05, 0) is 40.8 Å². The summed E-state index contributed by atoms with van der Waals surface area (Å²) in [4.78, 5) is 0. The van der Waals surface area contributed by atoms with Gasteiger partial charge < -0.3 is 5.73 Å². The maximum absolute atomic E-state index is 6.20. The molecular weight excluding hydrogens is 333 g/mol. The number of halogens is 3. The summed E-state index contributed by atoms with van der Waals surface area (Å²) in [7, 11) is 0. The summed E-state index contributed by atoms with van der Waals surface area (Å²) in [6.07, 6.45) is 0. The Hall–Kier alpha value is -1.82. The van der Waals surface area contributed by atoms with Crippen molar-refractivity contribution in [3.8, 4) is 17.1 Å². The highest BCUT2D eigenvalue weighted by atomic mass is 35.5. The quantitative estimate of drug-likeness (QED) is 0.719. The second-order valence-electron chi connectivity index (χ2n) is 4.25. The van der Waals surface area contributed by atoms with E-state index in [0.29, 0.717) is 37.8 Å². The number of nitrogen functional groups attached to an aromatic ring is 1. The zero-order valence-electron chi connectivity index (χ0n) is 10.5. The molecule has 106 valence electrons. The molecular formula is C13H8Cl3N5. The van der Waals surface area contributed by atoms with Crippen LogP contribution in [0.4, 0.5) is 5.69 Å². The van der Waals surface area contributed by atoms with Crippen LogP contribution in [0.5, 0.6) is 0 Å². The zero-order valence-corrected chi connectivity index (χ0v) is 12.7. The van der Waals surface area contributed by atoms with Crippen LogP contribution in [0.2, 0.25) is 15.1 Å². The van der Waals surface area contributed by atoms with Crippen LogP contribution in [0, 0.1) is 0 Å². The van der Waals surface area contributed by atoms with Gasteiger partial charge in [0.05, 0.1) is 16.3 Å². The van der Waals surface area contributed by atoms with E-state index < -0.39 is 0 Å². The molecule has 1 heterocycles. The maximum Gasteiger partial charge on any atom is 0.190 e. The molecule has 0 radical (unpaired) electrons. The first-order valence-corrected chi connectivity index (χ1v) is 6.99. The van der Waals surface area contributed by atoms with Gasteiger partial charge in [0.15, 0.2) is 5.82 Å². The molecule has 0 amide bonds. The molecule has 0 fully saturated rings. The highest BCUT2D eigenvalue weighted by molar-refractivity contribution is 6.35. The largest absolute Gasteiger partial charge is 0.398 e. The predicted octanol–water partition coefficient (Wildman–Crippen LogP) is 3.87. The number of hydrogen-bond donors (Lipinski definition) is 1.